The fourth-order valence-corrected chi connectivity index (χ4v) is 6.40. The highest BCUT2D eigenvalue weighted by Gasteiger charge is 2.24. The number of fused-ring (bicyclic) bond motifs is 1. The fraction of sp³-hybridized carbons (Fsp3) is 0.500. The number of hydrogen-bond acceptors (Lipinski definition) is 8. The van der Waals surface area contributed by atoms with Gasteiger partial charge in [0.15, 0.2) is 9.84 Å². The molecule has 1 atom stereocenters. The van der Waals surface area contributed by atoms with Crippen molar-refractivity contribution in [2.24, 2.45) is 0 Å². The zero-order valence-electron chi connectivity index (χ0n) is 20.4. The van der Waals surface area contributed by atoms with Crippen LogP contribution in [0.5, 0.6) is 0 Å². The van der Waals surface area contributed by atoms with Crippen LogP contribution in [0.15, 0.2) is 35.4 Å². The highest BCUT2D eigenvalue weighted by Crippen LogP contribution is 2.27. The molecule has 1 heterocycles. The summed E-state index contributed by atoms with van der Waals surface area (Å²) in [6.07, 6.45) is 4.28. The molecule has 0 saturated heterocycles. The van der Waals surface area contributed by atoms with E-state index >= 15 is 0 Å². The number of esters is 1. The minimum atomic E-state index is -3.41. The molecule has 0 N–H and O–H groups in total. The van der Waals surface area contributed by atoms with Crippen molar-refractivity contribution in [1.29, 1.82) is 5.26 Å². The summed E-state index contributed by atoms with van der Waals surface area (Å²) >= 11 is 7.04. The van der Waals surface area contributed by atoms with Gasteiger partial charge in [-0.15, -0.1) is 0 Å². The molecule has 1 aromatic heterocycles. The van der Waals surface area contributed by atoms with Crippen molar-refractivity contribution >= 4 is 39.2 Å². The smallest absolute Gasteiger partial charge is 0.316 e. The molecule has 0 bridgehead atoms. The van der Waals surface area contributed by atoms with Crippen LogP contribution < -0.4 is 0 Å². The van der Waals surface area contributed by atoms with Crippen molar-refractivity contribution < 1.29 is 22.7 Å². The van der Waals surface area contributed by atoms with E-state index in [-0.39, 0.29) is 30.5 Å². The van der Waals surface area contributed by atoms with Gasteiger partial charge in [-0.3, -0.25) is 4.79 Å². The van der Waals surface area contributed by atoms with Crippen LogP contribution in [-0.2, 0) is 43.6 Å². The van der Waals surface area contributed by atoms with Gasteiger partial charge in [0.05, 0.1) is 36.0 Å². The minimum Gasteiger partial charge on any atom is -0.458 e. The molecule has 1 aromatic carbocycles. The van der Waals surface area contributed by atoms with E-state index in [1.54, 1.807) is 12.1 Å². The predicted octanol–water partition coefficient (Wildman–Crippen LogP) is 4.92. The number of aryl methyl sites for hydroxylation is 2. The molecule has 0 amide bonds. The third-order valence-corrected chi connectivity index (χ3v) is 8.75. The van der Waals surface area contributed by atoms with Crippen LogP contribution in [0.25, 0.3) is 0 Å². The Morgan fingerprint density at radius 3 is 2.72 bits per heavy atom. The Labute approximate surface area is 222 Å². The van der Waals surface area contributed by atoms with Crippen molar-refractivity contribution in [2.45, 2.75) is 63.2 Å². The number of rotatable bonds is 13. The molecule has 0 radical (unpaired) electrons. The largest absolute Gasteiger partial charge is 0.458 e. The maximum Gasteiger partial charge on any atom is 0.316 e. The van der Waals surface area contributed by atoms with Crippen LogP contribution in [0, 0.1) is 11.3 Å². The topological polar surface area (TPSA) is 106 Å². The number of ether oxygens (including phenoxy) is 2. The second kappa shape index (κ2) is 14.0. The van der Waals surface area contributed by atoms with E-state index < -0.39 is 21.9 Å². The third-order valence-electron chi connectivity index (χ3n) is 5.75. The molecular formula is C26H31ClN2O5S2. The Balaban J connectivity index is 1.61. The molecule has 10 heteroatoms. The molecule has 0 fully saturated rings. The first-order valence-electron chi connectivity index (χ1n) is 12.1. The summed E-state index contributed by atoms with van der Waals surface area (Å²) in [5.74, 6) is -0.920. The van der Waals surface area contributed by atoms with Crippen LogP contribution in [0.1, 0.15) is 55.0 Å². The molecule has 0 saturated carbocycles. The van der Waals surface area contributed by atoms with Crippen molar-refractivity contribution in [2.75, 3.05) is 23.9 Å². The van der Waals surface area contributed by atoms with Crippen LogP contribution in [0.4, 0.5) is 0 Å². The number of benzene rings is 1. The summed E-state index contributed by atoms with van der Waals surface area (Å²) < 4.78 is 36.3. The molecule has 1 unspecified atom stereocenters. The number of carbonyl (C=O) groups is 1. The average molecular weight is 551 g/mol. The molecule has 194 valence electrons. The van der Waals surface area contributed by atoms with Gasteiger partial charge in [0.1, 0.15) is 17.2 Å². The lowest BCUT2D eigenvalue weighted by Crippen LogP contribution is -2.32. The number of halogens is 1. The van der Waals surface area contributed by atoms with E-state index in [1.807, 2.05) is 25.1 Å². The normalized spacial score (nSPS) is 14.0. The van der Waals surface area contributed by atoms with Crippen LogP contribution >= 0.6 is 23.4 Å². The minimum absolute atomic E-state index is 0.0358. The number of sulfone groups is 1. The van der Waals surface area contributed by atoms with Crippen molar-refractivity contribution in [1.82, 2.24) is 4.98 Å². The number of nitrogens with zero attached hydrogens (tertiary/aromatic N) is 2. The first-order chi connectivity index (χ1) is 17.3. The molecule has 3 rings (SSSR count). The number of pyridine rings is 1. The summed E-state index contributed by atoms with van der Waals surface area (Å²) in [5.41, 5.74) is 3.39. The van der Waals surface area contributed by atoms with Crippen molar-refractivity contribution in [3.63, 3.8) is 0 Å². The van der Waals surface area contributed by atoms with Crippen molar-refractivity contribution in [3.05, 3.63) is 57.7 Å². The third kappa shape index (κ3) is 9.07. The Kier molecular flexibility index (Phi) is 11.1. The Bertz CT molecular complexity index is 1180. The molecule has 7 nitrogen and oxygen atoms in total. The van der Waals surface area contributed by atoms with Gasteiger partial charge >= 0.3 is 5.97 Å². The number of carbonyl (C=O) groups excluding carboxylic acids is 1. The highest BCUT2D eigenvalue weighted by molar-refractivity contribution is 7.99. The van der Waals surface area contributed by atoms with Gasteiger partial charge in [-0.2, -0.15) is 5.26 Å². The summed E-state index contributed by atoms with van der Waals surface area (Å²) in [7, 11) is -3.41. The van der Waals surface area contributed by atoms with E-state index in [9.17, 15) is 18.5 Å². The lowest BCUT2D eigenvalue weighted by Gasteiger charge is -2.19. The van der Waals surface area contributed by atoms with Gasteiger partial charge in [-0.05, 0) is 61.4 Å². The number of nitriles is 1. The number of unbranched alkanes of at least 4 members (excludes halogenated alkanes) is 1. The van der Waals surface area contributed by atoms with Crippen LogP contribution in [0.2, 0.25) is 5.02 Å². The Morgan fingerprint density at radius 1 is 1.25 bits per heavy atom. The zero-order chi connectivity index (χ0) is 26.0. The zero-order valence-corrected chi connectivity index (χ0v) is 22.8. The molecule has 0 spiro atoms. The van der Waals surface area contributed by atoms with Gasteiger partial charge in [0.25, 0.3) is 0 Å². The SMILES string of the molecule is CCCCS(=O)(=O)CC(COCc1ccc(Cl)cc1)OC(=O)CSc1nc2c(cc1C#N)CCCC2. The first kappa shape index (κ1) is 28.5. The summed E-state index contributed by atoms with van der Waals surface area (Å²) in [4.78, 5) is 17.3. The Morgan fingerprint density at radius 2 is 2.00 bits per heavy atom. The van der Waals surface area contributed by atoms with Gasteiger partial charge in [0, 0.05) is 10.7 Å². The number of aromatic nitrogens is 1. The first-order valence-corrected chi connectivity index (χ1v) is 15.3. The van der Waals surface area contributed by atoms with Gasteiger partial charge < -0.3 is 9.47 Å². The standard InChI is InChI=1S/C26H31ClN2O5S2/c1-2-3-12-36(31,32)18-23(16-33-15-19-8-10-22(27)11-9-19)34-25(30)17-35-26-21(14-28)13-20-6-4-5-7-24(20)29-26/h8-11,13,23H,2-7,12,15-18H2,1H3. The summed E-state index contributed by atoms with van der Waals surface area (Å²) in [5, 5.41) is 10.6. The maximum absolute atomic E-state index is 12.7. The van der Waals surface area contributed by atoms with Gasteiger partial charge in [-0.25, -0.2) is 13.4 Å². The van der Waals surface area contributed by atoms with Gasteiger partial charge in [0.2, 0.25) is 0 Å². The predicted molar refractivity (Wildman–Crippen MR) is 141 cm³/mol. The number of hydrogen-bond donors (Lipinski definition) is 0. The van der Waals surface area contributed by atoms with E-state index in [1.165, 1.54) is 0 Å². The molecule has 0 aliphatic heterocycles. The lowest BCUT2D eigenvalue weighted by molar-refractivity contribution is -0.147. The van der Waals surface area contributed by atoms with Crippen molar-refractivity contribution in [3.8, 4) is 6.07 Å². The second-order valence-electron chi connectivity index (χ2n) is 8.78. The van der Waals surface area contributed by atoms with E-state index in [4.69, 9.17) is 21.1 Å². The van der Waals surface area contributed by atoms with E-state index in [2.05, 4.69) is 11.1 Å². The molecular weight excluding hydrogens is 520 g/mol. The molecule has 2 aromatic rings. The Hall–Kier alpha value is -2.12. The second-order valence-corrected chi connectivity index (χ2v) is 12.4. The van der Waals surface area contributed by atoms with E-state index in [0.29, 0.717) is 22.0 Å². The summed E-state index contributed by atoms with van der Waals surface area (Å²) in [6, 6.07) is 11.1. The molecule has 1 aliphatic rings. The highest BCUT2D eigenvalue weighted by atomic mass is 35.5. The quantitative estimate of drug-likeness (QED) is 0.255. The molecule has 1 aliphatic carbocycles. The lowest BCUT2D eigenvalue weighted by atomic mass is 9.95. The summed E-state index contributed by atoms with van der Waals surface area (Å²) in [6.45, 7) is 2.11. The monoisotopic (exact) mass is 550 g/mol. The fourth-order valence-electron chi connectivity index (χ4n) is 3.89. The maximum atomic E-state index is 12.7. The van der Waals surface area contributed by atoms with Crippen LogP contribution in [0.3, 0.4) is 0 Å². The van der Waals surface area contributed by atoms with Gasteiger partial charge in [-0.1, -0.05) is 48.8 Å². The number of thioether (sulfide) groups is 1. The molecule has 36 heavy (non-hydrogen) atoms. The van der Waals surface area contributed by atoms with Crippen LogP contribution in [-0.4, -0.2) is 49.3 Å². The van der Waals surface area contributed by atoms with E-state index in [0.717, 1.165) is 60.7 Å². The average Bonchev–Trinajstić information content (AvgIpc) is 2.86.